The maximum Gasteiger partial charge on any atom is 0.198 e. The topological polar surface area (TPSA) is 47.0 Å². The first-order valence-corrected chi connectivity index (χ1v) is 7.72. The van der Waals surface area contributed by atoms with Crippen LogP contribution in [0.5, 0.6) is 5.75 Å². The molecule has 20 heavy (non-hydrogen) atoms. The second-order valence-electron chi connectivity index (χ2n) is 6.20. The van der Waals surface area contributed by atoms with E-state index in [1.54, 1.807) is 7.11 Å². The predicted molar refractivity (Wildman–Crippen MR) is 82.4 cm³/mol. The number of nitrogens with one attached hydrogen (secondary N) is 1. The average Bonchev–Trinajstić information content (AvgIpc) is 2.84. The highest BCUT2D eigenvalue weighted by molar-refractivity contribution is 6.31. The van der Waals surface area contributed by atoms with Gasteiger partial charge in [0.25, 0.3) is 0 Å². The summed E-state index contributed by atoms with van der Waals surface area (Å²) in [5.41, 5.74) is 0.386. The first-order chi connectivity index (χ1) is 9.56. The number of nitrogens with zero attached hydrogens (tertiary/aromatic N) is 2. The van der Waals surface area contributed by atoms with Crippen LogP contribution in [0.25, 0.3) is 0 Å². The van der Waals surface area contributed by atoms with E-state index in [1.807, 2.05) is 0 Å². The molecule has 0 bridgehead atoms. The summed E-state index contributed by atoms with van der Waals surface area (Å²) in [6.45, 7) is 5.51. The highest BCUT2D eigenvalue weighted by Crippen LogP contribution is 2.43. The smallest absolute Gasteiger partial charge is 0.198 e. The highest BCUT2D eigenvalue weighted by Gasteiger charge is 2.34. The highest BCUT2D eigenvalue weighted by atomic mass is 35.5. The summed E-state index contributed by atoms with van der Waals surface area (Å²) in [5.74, 6) is 1.94. The largest absolute Gasteiger partial charge is 0.490 e. The molecule has 0 unspecified atom stereocenters. The summed E-state index contributed by atoms with van der Waals surface area (Å²) in [7, 11) is 1.59. The minimum Gasteiger partial charge on any atom is -0.490 e. The van der Waals surface area contributed by atoms with E-state index in [-0.39, 0.29) is 0 Å². The van der Waals surface area contributed by atoms with Gasteiger partial charge in [0, 0.05) is 6.54 Å². The van der Waals surface area contributed by atoms with E-state index >= 15 is 0 Å². The van der Waals surface area contributed by atoms with Crippen molar-refractivity contribution < 1.29 is 4.74 Å². The van der Waals surface area contributed by atoms with Crippen LogP contribution in [0.3, 0.4) is 0 Å². The lowest BCUT2D eigenvalue weighted by molar-refractivity contribution is 0.252. The van der Waals surface area contributed by atoms with Gasteiger partial charge in [-0.15, -0.1) is 0 Å². The van der Waals surface area contributed by atoms with Gasteiger partial charge in [-0.2, -0.15) is 0 Å². The third-order valence-electron chi connectivity index (χ3n) is 4.10. The summed E-state index contributed by atoms with van der Waals surface area (Å²) in [6, 6.07) is 0. The summed E-state index contributed by atoms with van der Waals surface area (Å²) in [4.78, 5) is 8.20. The third-order valence-corrected chi connectivity index (χ3v) is 4.37. The molecular weight excluding hydrogens is 274 g/mol. The Morgan fingerprint density at radius 1 is 1.35 bits per heavy atom. The molecule has 0 atom stereocenters. The maximum atomic E-state index is 6.03. The molecular formula is C15H24ClN3O. The molecule has 1 fully saturated rings. The van der Waals surface area contributed by atoms with Crippen molar-refractivity contribution in [1.82, 2.24) is 9.97 Å². The van der Waals surface area contributed by atoms with Gasteiger partial charge in [-0.05, 0) is 30.6 Å². The number of halogens is 1. The van der Waals surface area contributed by atoms with Crippen LogP contribution in [0.2, 0.25) is 5.15 Å². The van der Waals surface area contributed by atoms with Crippen molar-refractivity contribution in [1.29, 1.82) is 0 Å². The van der Waals surface area contributed by atoms with Crippen LogP contribution in [0.15, 0.2) is 6.33 Å². The Morgan fingerprint density at radius 2 is 2.05 bits per heavy atom. The van der Waals surface area contributed by atoms with Gasteiger partial charge in [-0.3, -0.25) is 0 Å². The summed E-state index contributed by atoms with van der Waals surface area (Å²) >= 11 is 6.03. The Labute approximate surface area is 126 Å². The lowest BCUT2D eigenvalue weighted by atomic mass is 9.78. The number of methoxy groups -OCH3 is 1. The second kappa shape index (κ2) is 6.61. The Morgan fingerprint density at radius 3 is 2.65 bits per heavy atom. The summed E-state index contributed by atoms with van der Waals surface area (Å²) in [6.07, 6.45) is 7.96. The van der Waals surface area contributed by atoms with E-state index in [1.165, 1.54) is 38.4 Å². The molecule has 112 valence electrons. The van der Waals surface area contributed by atoms with E-state index in [4.69, 9.17) is 16.3 Å². The van der Waals surface area contributed by atoms with Crippen LogP contribution >= 0.6 is 11.6 Å². The van der Waals surface area contributed by atoms with Gasteiger partial charge in [0.05, 0.1) is 7.11 Å². The number of hydrogen-bond acceptors (Lipinski definition) is 4. The fourth-order valence-electron chi connectivity index (χ4n) is 3.37. The number of hydrogen-bond donors (Lipinski definition) is 1. The van der Waals surface area contributed by atoms with Crippen LogP contribution in [-0.2, 0) is 0 Å². The number of rotatable bonds is 6. The van der Waals surface area contributed by atoms with Crippen molar-refractivity contribution >= 4 is 17.4 Å². The van der Waals surface area contributed by atoms with Gasteiger partial charge < -0.3 is 10.1 Å². The summed E-state index contributed by atoms with van der Waals surface area (Å²) < 4.78 is 5.29. The van der Waals surface area contributed by atoms with Gasteiger partial charge in [0.15, 0.2) is 16.7 Å². The van der Waals surface area contributed by atoms with E-state index < -0.39 is 0 Å². The molecule has 4 nitrogen and oxygen atoms in total. The van der Waals surface area contributed by atoms with Crippen LogP contribution in [0.4, 0.5) is 5.82 Å². The fourth-order valence-corrected chi connectivity index (χ4v) is 3.58. The monoisotopic (exact) mass is 297 g/mol. The SMILES string of the molecule is COc1c(Cl)ncnc1NCC1(CC(C)C)CCCC1. The number of aromatic nitrogens is 2. The van der Waals surface area contributed by atoms with Gasteiger partial charge in [-0.1, -0.05) is 38.3 Å². The molecule has 0 aromatic carbocycles. The molecule has 0 aliphatic heterocycles. The van der Waals surface area contributed by atoms with Crippen LogP contribution in [-0.4, -0.2) is 23.6 Å². The molecule has 0 amide bonds. The van der Waals surface area contributed by atoms with Crippen LogP contribution in [0.1, 0.15) is 46.0 Å². The standard InChI is InChI=1S/C15H24ClN3O/c1-11(2)8-15(6-4-5-7-15)9-17-14-12(20-3)13(16)18-10-19-14/h10-11H,4-9H2,1-3H3,(H,17,18,19). The van der Waals surface area contributed by atoms with Gasteiger partial charge in [0.2, 0.25) is 0 Å². The van der Waals surface area contributed by atoms with Crippen molar-refractivity contribution in [3.8, 4) is 5.75 Å². The molecule has 5 heteroatoms. The minimum absolute atomic E-state index is 0.356. The number of anilines is 1. The van der Waals surface area contributed by atoms with Crippen molar-refractivity contribution in [2.75, 3.05) is 19.0 Å². The van der Waals surface area contributed by atoms with E-state index in [0.29, 0.717) is 28.1 Å². The molecule has 0 radical (unpaired) electrons. The lowest BCUT2D eigenvalue weighted by Crippen LogP contribution is -2.29. The lowest BCUT2D eigenvalue weighted by Gasteiger charge is -2.31. The first-order valence-electron chi connectivity index (χ1n) is 7.35. The van der Waals surface area contributed by atoms with Crippen LogP contribution in [0, 0.1) is 11.3 Å². The van der Waals surface area contributed by atoms with Crippen molar-refractivity contribution in [3.63, 3.8) is 0 Å². The number of ether oxygens (including phenoxy) is 1. The molecule has 1 N–H and O–H groups in total. The quantitative estimate of drug-likeness (QED) is 0.801. The van der Waals surface area contributed by atoms with E-state index in [2.05, 4.69) is 29.1 Å². The Kier molecular flexibility index (Phi) is 5.08. The van der Waals surface area contributed by atoms with Crippen molar-refractivity contribution in [2.45, 2.75) is 46.0 Å². The normalized spacial score (nSPS) is 17.4. The zero-order valence-electron chi connectivity index (χ0n) is 12.6. The molecule has 0 saturated heterocycles. The Balaban J connectivity index is 2.08. The van der Waals surface area contributed by atoms with Gasteiger partial charge in [0.1, 0.15) is 6.33 Å². The van der Waals surface area contributed by atoms with Crippen molar-refractivity contribution in [3.05, 3.63) is 11.5 Å². The zero-order valence-corrected chi connectivity index (χ0v) is 13.3. The van der Waals surface area contributed by atoms with Crippen LogP contribution < -0.4 is 10.1 Å². The second-order valence-corrected chi connectivity index (χ2v) is 6.56. The average molecular weight is 298 g/mol. The zero-order chi connectivity index (χ0) is 14.6. The summed E-state index contributed by atoms with van der Waals surface area (Å²) in [5, 5.41) is 3.79. The predicted octanol–water partition coefficient (Wildman–Crippen LogP) is 4.16. The maximum absolute atomic E-state index is 6.03. The van der Waals surface area contributed by atoms with E-state index in [0.717, 1.165) is 6.54 Å². The van der Waals surface area contributed by atoms with Gasteiger partial charge in [-0.25, -0.2) is 9.97 Å². The molecule has 1 saturated carbocycles. The molecule has 1 aromatic rings. The van der Waals surface area contributed by atoms with Crippen molar-refractivity contribution in [2.24, 2.45) is 11.3 Å². The Hall–Kier alpha value is -1.03. The molecule has 1 heterocycles. The molecule has 0 spiro atoms. The third kappa shape index (κ3) is 3.54. The molecule has 2 rings (SSSR count). The van der Waals surface area contributed by atoms with Gasteiger partial charge >= 0.3 is 0 Å². The fraction of sp³-hybridized carbons (Fsp3) is 0.733. The Bertz CT molecular complexity index is 445. The van der Waals surface area contributed by atoms with E-state index in [9.17, 15) is 0 Å². The minimum atomic E-state index is 0.356. The molecule has 1 aliphatic rings. The molecule has 1 aromatic heterocycles. The molecule has 1 aliphatic carbocycles. The first kappa shape index (κ1) is 15.4.